The van der Waals surface area contributed by atoms with Gasteiger partial charge in [0, 0.05) is 24.4 Å². The van der Waals surface area contributed by atoms with E-state index in [4.69, 9.17) is 11.6 Å². The second-order valence-electron chi connectivity index (χ2n) is 4.48. The van der Waals surface area contributed by atoms with Crippen LogP contribution in [0.4, 0.5) is 0 Å². The van der Waals surface area contributed by atoms with Gasteiger partial charge in [0.1, 0.15) is 0 Å². The maximum Gasteiger partial charge on any atom is 0.224 e. The lowest BCUT2D eigenvalue weighted by Gasteiger charge is -2.07. The molecule has 4 rings (SSSR count). The molecule has 0 fully saturated rings. The zero-order valence-electron chi connectivity index (χ0n) is 9.54. The zero-order chi connectivity index (χ0) is 13.1. The topological polar surface area (TPSA) is 17.1 Å². The van der Waals surface area contributed by atoms with Crippen LogP contribution in [0.5, 0.6) is 0 Å². The molecule has 0 N–H and O–H groups in total. The molecule has 4 heteroatoms. The van der Waals surface area contributed by atoms with E-state index in [1.54, 1.807) is 0 Å². The van der Waals surface area contributed by atoms with Crippen LogP contribution >= 0.6 is 46.0 Å². The van der Waals surface area contributed by atoms with Gasteiger partial charge in [0.2, 0.25) is 5.12 Å². The second-order valence-corrected chi connectivity index (χ2v) is 7.06. The Balaban J connectivity index is 2.31. The maximum atomic E-state index is 12.1. The third-order valence-corrected chi connectivity index (χ3v) is 5.60. The van der Waals surface area contributed by atoms with Gasteiger partial charge in [0.25, 0.3) is 0 Å². The van der Waals surface area contributed by atoms with E-state index >= 15 is 0 Å². The fourth-order valence-corrected chi connectivity index (χ4v) is 4.40. The summed E-state index contributed by atoms with van der Waals surface area (Å²) in [5.41, 5.74) is 0.817. The highest BCUT2D eigenvalue weighted by molar-refractivity contribution is 14.1. The van der Waals surface area contributed by atoms with Gasteiger partial charge >= 0.3 is 0 Å². The fraction of sp³-hybridized carbons (Fsp3) is 0. The molecule has 0 aliphatic carbocycles. The van der Waals surface area contributed by atoms with Crippen molar-refractivity contribution in [3.05, 3.63) is 50.6 Å². The molecule has 0 saturated heterocycles. The Hall–Kier alpha value is -0.780. The minimum absolute atomic E-state index is 0.129. The van der Waals surface area contributed by atoms with E-state index in [1.165, 1.54) is 15.3 Å². The Bertz CT molecular complexity index is 888. The number of halogens is 2. The van der Waals surface area contributed by atoms with Crippen LogP contribution in [-0.4, -0.2) is 5.12 Å². The highest BCUT2D eigenvalue weighted by Crippen LogP contribution is 2.46. The summed E-state index contributed by atoms with van der Waals surface area (Å²) in [6.45, 7) is 0. The van der Waals surface area contributed by atoms with Crippen molar-refractivity contribution in [3.8, 4) is 0 Å². The van der Waals surface area contributed by atoms with Crippen LogP contribution in [-0.2, 0) is 0 Å². The predicted molar refractivity (Wildman–Crippen MR) is 89.4 cm³/mol. The first kappa shape index (κ1) is 12.0. The number of fused-ring (bicyclic) bond motifs is 2. The lowest BCUT2D eigenvalue weighted by molar-refractivity contribution is 0.109. The predicted octanol–water partition coefficient (Wildman–Crippen LogP) is 5.50. The number of rotatable bonds is 0. The van der Waals surface area contributed by atoms with Crippen molar-refractivity contribution in [3.63, 3.8) is 0 Å². The number of carbonyl (C=O) groups is 1. The molecule has 0 aromatic heterocycles. The number of hydrogen-bond acceptors (Lipinski definition) is 2. The average Bonchev–Trinajstić information content (AvgIpc) is 2.72. The van der Waals surface area contributed by atoms with Crippen LogP contribution in [0, 0.1) is 3.57 Å². The third kappa shape index (κ3) is 1.65. The van der Waals surface area contributed by atoms with Crippen LogP contribution in [0.1, 0.15) is 10.4 Å². The van der Waals surface area contributed by atoms with E-state index in [2.05, 4.69) is 28.7 Å². The Kier molecular flexibility index (Phi) is 2.59. The van der Waals surface area contributed by atoms with Crippen molar-refractivity contribution >= 4 is 72.6 Å². The molecule has 3 aromatic rings. The monoisotopic (exact) mass is 396 g/mol. The van der Waals surface area contributed by atoms with Gasteiger partial charge in [-0.05, 0) is 80.8 Å². The summed E-state index contributed by atoms with van der Waals surface area (Å²) >= 11 is 9.72. The minimum Gasteiger partial charge on any atom is -0.281 e. The quantitative estimate of drug-likeness (QED) is 0.369. The van der Waals surface area contributed by atoms with Gasteiger partial charge in [-0.25, -0.2) is 0 Å². The van der Waals surface area contributed by atoms with Crippen LogP contribution in [0.3, 0.4) is 0 Å². The van der Waals surface area contributed by atoms with E-state index < -0.39 is 0 Å². The van der Waals surface area contributed by atoms with Gasteiger partial charge < -0.3 is 0 Å². The van der Waals surface area contributed by atoms with Gasteiger partial charge in [-0.1, -0.05) is 17.7 Å². The van der Waals surface area contributed by atoms with Gasteiger partial charge in [-0.15, -0.1) is 0 Å². The summed E-state index contributed by atoms with van der Waals surface area (Å²) in [7, 11) is 0. The first-order valence-electron chi connectivity index (χ1n) is 5.72. The molecule has 19 heavy (non-hydrogen) atoms. The average molecular weight is 397 g/mol. The van der Waals surface area contributed by atoms with E-state index in [9.17, 15) is 4.79 Å². The van der Waals surface area contributed by atoms with Gasteiger partial charge in [-0.3, -0.25) is 4.79 Å². The normalized spacial score (nSPS) is 13.7. The highest BCUT2D eigenvalue weighted by atomic mass is 127. The smallest absolute Gasteiger partial charge is 0.224 e. The number of hydrogen-bond donors (Lipinski definition) is 0. The fourth-order valence-electron chi connectivity index (χ4n) is 2.54. The number of carbonyl (C=O) groups excluding carboxylic acids is 1. The summed E-state index contributed by atoms with van der Waals surface area (Å²) in [6, 6.07) is 11.9. The lowest BCUT2D eigenvalue weighted by atomic mass is 10.0. The molecule has 0 bridgehead atoms. The van der Waals surface area contributed by atoms with Gasteiger partial charge in [-0.2, -0.15) is 0 Å². The second kappa shape index (κ2) is 4.11. The zero-order valence-corrected chi connectivity index (χ0v) is 13.3. The Morgan fingerprint density at radius 3 is 2.74 bits per heavy atom. The molecule has 92 valence electrons. The molecular formula is C15H6ClIOS. The Labute approximate surface area is 132 Å². The molecule has 0 spiro atoms. The third-order valence-electron chi connectivity index (χ3n) is 3.39. The van der Waals surface area contributed by atoms with Crippen molar-refractivity contribution in [2.24, 2.45) is 0 Å². The van der Waals surface area contributed by atoms with Crippen molar-refractivity contribution < 1.29 is 4.79 Å². The van der Waals surface area contributed by atoms with E-state index in [1.807, 2.05) is 30.3 Å². The van der Waals surface area contributed by atoms with Crippen molar-refractivity contribution in [2.45, 2.75) is 4.90 Å². The number of thioether (sulfide) groups is 1. The Morgan fingerprint density at radius 1 is 1.05 bits per heavy atom. The van der Waals surface area contributed by atoms with E-state index in [0.717, 1.165) is 32.0 Å². The first-order chi connectivity index (χ1) is 9.15. The van der Waals surface area contributed by atoms with Crippen molar-refractivity contribution in [1.82, 2.24) is 0 Å². The van der Waals surface area contributed by atoms with Crippen LogP contribution in [0.2, 0.25) is 5.02 Å². The molecular weight excluding hydrogens is 391 g/mol. The summed E-state index contributed by atoms with van der Waals surface area (Å²) < 4.78 is 1.17. The molecule has 1 aliphatic heterocycles. The molecule has 1 nitrogen and oxygen atoms in total. The van der Waals surface area contributed by atoms with E-state index in [0.29, 0.717) is 5.02 Å². The molecule has 1 heterocycles. The molecule has 1 aliphatic rings. The highest BCUT2D eigenvalue weighted by Gasteiger charge is 2.26. The molecule has 0 radical (unpaired) electrons. The first-order valence-corrected chi connectivity index (χ1v) is 7.99. The number of benzene rings is 3. The summed E-state index contributed by atoms with van der Waals surface area (Å²) in [6.07, 6.45) is 0. The van der Waals surface area contributed by atoms with Gasteiger partial charge in [0.05, 0.1) is 0 Å². The lowest BCUT2D eigenvalue weighted by Crippen LogP contribution is -1.88. The molecule has 0 saturated carbocycles. The van der Waals surface area contributed by atoms with Gasteiger partial charge in [0.15, 0.2) is 0 Å². The molecule has 3 aromatic carbocycles. The minimum atomic E-state index is 0.129. The molecule has 0 atom stereocenters. The summed E-state index contributed by atoms with van der Waals surface area (Å²) in [4.78, 5) is 13.2. The Morgan fingerprint density at radius 2 is 1.89 bits per heavy atom. The SMILES string of the molecule is O=C1Sc2c3cc(Cl)ccc3cc3c(I)ccc1c23. The largest absolute Gasteiger partial charge is 0.281 e. The van der Waals surface area contributed by atoms with E-state index in [-0.39, 0.29) is 5.12 Å². The summed E-state index contributed by atoms with van der Waals surface area (Å²) in [5.74, 6) is 0. The van der Waals surface area contributed by atoms with Crippen molar-refractivity contribution in [1.29, 1.82) is 0 Å². The maximum absolute atomic E-state index is 12.1. The molecule has 0 amide bonds. The molecule has 0 unspecified atom stereocenters. The van der Waals surface area contributed by atoms with Crippen molar-refractivity contribution in [2.75, 3.05) is 0 Å². The van der Waals surface area contributed by atoms with Crippen LogP contribution in [0.25, 0.3) is 21.5 Å². The standard InChI is InChI=1S/C15H6ClIOS/c16-8-2-1-7-5-11-12(17)4-3-9-13(11)14(10(7)6-8)19-15(9)18/h1-6H. The van der Waals surface area contributed by atoms with Crippen LogP contribution < -0.4 is 0 Å². The summed E-state index contributed by atoms with van der Waals surface area (Å²) in [5, 5.41) is 5.26. The van der Waals surface area contributed by atoms with Crippen LogP contribution in [0.15, 0.2) is 41.3 Å².